The fraction of sp³-hybridized carbons (Fsp3) is 0.263. The molecule has 0 saturated carbocycles. The van der Waals surface area contributed by atoms with Crippen LogP contribution >= 0.6 is 34.9 Å². The minimum absolute atomic E-state index is 0. The number of rotatable bonds is 8. The zero-order chi connectivity index (χ0) is 24.4. The Morgan fingerprint density at radius 1 is 1.46 bits per heavy atom. The fourth-order valence-corrected chi connectivity index (χ4v) is 6.14. The molecule has 1 saturated heterocycles. The van der Waals surface area contributed by atoms with Crippen molar-refractivity contribution in [2.45, 2.75) is 11.4 Å². The third-order valence-corrected chi connectivity index (χ3v) is 7.77. The predicted molar refractivity (Wildman–Crippen MR) is 132 cm³/mol. The van der Waals surface area contributed by atoms with E-state index in [4.69, 9.17) is 15.0 Å². The number of oxime groups is 1. The van der Waals surface area contributed by atoms with Crippen molar-refractivity contribution in [3.05, 3.63) is 46.5 Å². The van der Waals surface area contributed by atoms with Gasteiger partial charge in [-0.25, -0.2) is 9.78 Å². The van der Waals surface area contributed by atoms with Gasteiger partial charge in [0.05, 0.1) is 6.26 Å². The third kappa shape index (κ3) is 5.59. The summed E-state index contributed by atoms with van der Waals surface area (Å²) < 4.78 is 5.05. The van der Waals surface area contributed by atoms with E-state index >= 15 is 0 Å². The number of carboxylic acid groups (broad SMARTS) is 1. The van der Waals surface area contributed by atoms with Crippen LogP contribution < -0.4 is 11.1 Å². The molecule has 4 heterocycles. The monoisotopic (exact) mass is 547 g/mol. The first-order valence-corrected chi connectivity index (χ1v) is 12.5. The van der Waals surface area contributed by atoms with Crippen LogP contribution in [-0.2, 0) is 19.2 Å². The second kappa shape index (κ2) is 11.6. The molecule has 0 aliphatic carbocycles. The Bertz CT molecular complexity index is 1210. The molecule has 12 nitrogen and oxygen atoms in total. The van der Waals surface area contributed by atoms with E-state index in [9.17, 15) is 24.3 Å². The van der Waals surface area contributed by atoms with E-state index in [1.165, 1.54) is 36.6 Å². The average Bonchev–Trinajstić information content (AvgIpc) is 3.50. The molecule has 2 aromatic heterocycles. The van der Waals surface area contributed by atoms with E-state index in [0.717, 1.165) is 28.0 Å². The van der Waals surface area contributed by atoms with Crippen molar-refractivity contribution in [1.82, 2.24) is 15.2 Å². The van der Waals surface area contributed by atoms with Crippen LogP contribution in [0.15, 0.2) is 44.6 Å². The molecule has 4 rings (SSSR count). The molecule has 4 N–H and O–H groups in total. The number of anilines is 1. The Balaban J connectivity index is 0.00000342. The molecule has 2 amide bonds. The van der Waals surface area contributed by atoms with Gasteiger partial charge in [-0.2, -0.15) is 0 Å². The number of fused-ring (bicyclic) bond motifs is 1. The van der Waals surface area contributed by atoms with Gasteiger partial charge >= 0.3 is 35.5 Å². The van der Waals surface area contributed by atoms with Crippen LogP contribution in [0.3, 0.4) is 0 Å². The van der Waals surface area contributed by atoms with Crippen molar-refractivity contribution in [2.75, 3.05) is 24.3 Å². The van der Waals surface area contributed by atoms with Gasteiger partial charge in [-0.1, -0.05) is 16.9 Å². The van der Waals surface area contributed by atoms with E-state index in [1.54, 1.807) is 6.07 Å². The molecule has 1 fully saturated rings. The molecule has 2 aromatic rings. The molecule has 2 aliphatic heterocycles. The molecule has 0 bridgehead atoms. The maximum absolute atomic E-state index is 12.8. The SMILES string of the molecule is CON=C(C(=O)N[C@@H]1C(=O)N2C(C(=O)O)=C(CSC(=O)c3ccco3)CS[C@H]12)c1csc(N)n1.[NaH]. The summed E-state index contributed by atoms with van der Waals surface area (Å²) in [6.45, 7) is 0. The number of carboxylic acids is 1. The van der Waals surface area contributed by atoms with Crippen LogP contribution in [0.2, 0.25) is 0 Å². The molecule has 2 aliphatic rings. The van der Waals surface area contributed by atoms with E-state index in [0.29, 0.717) is 5.57 Å². The molecule has 2 atom stereocenters. The Hall–Kier alpha value is -2.30. The Labute approximate surface area is 233 Å². The summed E-state index contributed by atoms with van der Waals surface area (Å²) in [5.74, 6) is -2.08. The van der Waals surface area contributed by atoms with Gasteiger partial charge < -0.3 is 25.4 Å². The van der Waals surface area contributed by atoms with Crippen LogP contribution in [-0.4, -0.2) is 103 Å². The molecular weight excluding hydrogens is 529 g/mol. The maximum atomic E-state index is 12.8. The zero-order valence-electron chi connectivity index (χ0n) is 17.4. The Kier molecular flexibility index (Phi) is 9.06. The van der Waals surface area contributed by atoms with E-state index < -0.39 is 29.2 Å². The number of amides is 2. The summed E-state index contributed by atoms with van der Waals surface area (Å²) in [4.78, 5) is 59.6. The van der Waals surface area contributed by atoms with Crippen molar-refractivity contribution in [3.63, 3.8) is 0 Å². The summed E-state index contributed by atoms with van der Waals surface area (Å²) in [6.07, 6.45) is 1.37. The van der Waals surface area contributed by atoms with Crippen LogP contribution in [0.4, 0.5) is 5.13 Å². The number of hydrogen-bond acceptors (Lipinski definition) is 12. The summed E-state index contributed by atoms with van der Waals surface area (Å²) in [5, 5.41) is 16.8. The molecule has 35 heavy (non-hydrogen) atoms. The normalized spacial score (nSPS) is 19.4. The van der Waals surface area contributed by atoms with Crippen LogP contribution in [0.5, 0.6) is 0 Å². The van der Waals surface area contributed by atoms with Crippen molar-refractivity contribution < 1.29 is 33.5 Å². The number of hydrogen-bond donors (Lipinski definition) is 3. The van der Waals surface area contributed by atoms with Crippen molar-refractivity contribution in [2.24, 2.45) is 5.16 Å². The van der Waals surface area contributed by atoms with E-state index in [-0.39, 0.29) is 74.2 Å². The van der Waals surface area contributed by atoms with Crippen LogP contribution in [0.25, 0.3) is 0 Å². The summed E-state index contributed by atoms with van der Waals surface area (Å²) in [5.41, 5.74) is 5.89. The second-order valence-corrected chi connectivity index (χ2v) is 9.81. The van der Waals surface area contributed by atoms with Gasteiger partial charge in [0.15, 0.2) is 16.6 Å². The molecule has 0 radical (unpaired) electrons. The molecule has 16 heteroatoms. The minimum atomic E-state index is -1.29. The number of thiazole rings is 1. The van der Waals surface area contributed by atoms with Gasteiger partial charge in [0, 0.05) is 16.9 Å². The number of thioether (sulfide) groups is 2. The van der Waals surface area contributed by atoms with Gasteiger partial charge in [0.1, 0.15) is 29.9 Å². The van der Waals surface area contributed by atoms with Crippen molar-refractivity contribution in [3.8, 4) is 0 Å². The summed E-state index contributed by atoms with van der Waals surface area (Å²) in [6, 6.07) is 2.13. The number of nitrogens with two attached hydrogens (primary N) is 1. The van der Waals surface area contributed by atoms with Crippen molar-refractivity contribution in [1.29, 1.82) is 0 Å². The number of aromatic nitrogens is 1. The summed E-state index contributed by atoms with van der Waals surface area (Å²) >= 11 is 3.29. The first-order chi connectivity index (χ1) is 16.3. The van der Waals surface area contributed by atoms with Gasteiger partial charge in [0.25, 0.3) is 16.9 Å². The number of carbonyl (C=O) groups is 4. The van der Waals surface area contributed by atoms with Gasteiger partial charge in [-0.15, -0.1) is 23.1 Å². The Morgan fingerprint density at radius 2 is 2.23 bits per heavy atom. The number of carbonyl (C=O) groups excluding carboxylic acids is 3. The summed E-state index contributed by atoms with van der Waals surface area (Å²) in [7, 11) is 1.26. The number of nitrogens with one attached hydrogen (secondary N) is 1. The number of furan rings is 1. The fourth-order valence-electron chi connectivity index (χ4n) is 3.31. The first-order valence-electron chi connectivity index (χ1n) is 9.55. The number of nitrogens with zero attached hydrogens (tertiary/aromatic N) is 3. The van der Waals surface area contributed by atoms with Gasteiger partial charge in [-0.05, 0) is 17.7 Å². The zero-order valence-corrected chi connectivity index (χ0v) is 19.9. The van der Waals surface area contributed by atoms with Gasteiger partial charge in [0.2, 0.25) is 0 Å². The Morgan fingerprint density at radius 3 is 2.83 bits per heavy atom. The molecule has 0 unspecified atom stereocenters. The topological polar surface area (TPSA) is 177 Å². The van der Waals surface area contributed by atoms with Crippen LogP contribution in [0, 0.1) is 0 Å². The predicted octanol–water partition coefficient (Wildman–Crippen LogP) is 0.332. The molecular formula is C19H18N5NaO7S3. The molecule has 180 valence electrons. The standard InChI is InChI=1S/C19H17N5O7S3.Na.H/c1-30-23-11(9-7-34-19(20)21-9)14(25)22-12-15(26)24-13(17(27)28)8(5-32-16(12)24)6-33-18(29)10-3-2-4-31-10;;/h2-4,7,12,16H,5-6H2,1H3,(H2,20,21)(H,22,25)(H,27,28);;/t12-,16-;;/m1../s1. The average molecular weight is 548 g/mol. The quantitative estimate of drug-likeness (QED) is 0.180. The number of β-lactam (4-membered cyclic amide) rings is 1. The van der Waals surface area contributed by atoms with E-state index in [2.05, 4.69) is 15.5 Å². The third-order valence-electron chi connectivity index (χ3n) is 4.80. The molecule has 0 aromatic carbocycles. The number of aliphatic carboxylic acids is 1. The van der Waals surface area contributed by atoms with Gasteiger partial charge in [-0.3, -0.25) is 19.3 Å². The second-order valence-electron chi connectivity index (χ2n) is 6.87. The van der Waals surface area contributed by atoms with Crippen molar-refractivity contribution >= 4 is 98.2 Å². The molecule has 0 spiro atoms. The first kappa shape index (κ1) is 27.3. The van der Waals surface area contributed by atoms with E-state index in [1.807, 2.05) is 0 Å². The van der Waals surface area contributed by atoms with Crippen LogP contribution in [0.1, 0.15) is 16.2 Å². The number of nitrogen functional groups attached to an aromatic ring is 1.